The van der Waals surface area contributed by atoms with Gasteiger partial charge in [0, 0.05) is 5.02 Å². The molecule has 0 spiro atoms. The van der Waals surface area contributed by atoms with Crippen molar-refractivity contribution < 1.29 is 14.3 Å². The van der Waals surface area contributed by atoms with E-state index in [4.69, 9.17) is 21.1 Å². The standard InChI is InChI=1S/C16H13ClO3/c1-10-2-8-13(9-3-10)19-16(18)15-14(20-15)11-4-6-12(17)7-5-11/h2-9,14-15H,1H3/t14-,15+/m1/s1. The van der Waals surface area contributed by atoms with Crippen molar-refractivity contribution >= 4 is 17.6 Å². The van der Waals surface area contributed by atoms with Gasteiger partial charge in [0.1, 0.15) is 11.9 Å². The van der Waals surface area contributed by atoms with Gasteiger partial charge >= 0.3 is 5.97 Å². The number of halogens is 1. The Kier molecular flexibility index (Phi) is 3.47. The van der Waals surface area contributed by atoms with Crippen LogP contribution in [-0.2, 0) is 9.53 Å². The van der Waals surface area contributed by atoms with Crippen LogP contribution in [0.1, 0.15) is 17.2 Å². The average Bonchev–Trinajstić information content (AvgIpc) is 3.23. The van der Waals surface area contributed by atoms with E-state index in [2.05, 4.69) is 0 Å². The summed E-state index contributed by atoms with van der Waals surface area (Å²) in [4.78, 5) is 11.9. The van der Waals surface area contributed by atoms with Crippen molar-refractivity contribution in [2.75, 3.05) is 0 Å². The number of hydrogen-bond donors (Lipinski definition) is 0. The van der Waals surface area contributed by atoms with E-state index in [1.165, 1.54) is 0 Å². The van der Waals surface area contributed by atoms with E-state index < -0.39 is 6.10 Å². The fraction of sp³-hybridized carbons (Fsp3) is 0.188. The summed E-state index contributed by atoms with van der Waals surface area (Å²) < 4.78 is 10.7. The minimum atomic E-state index is -0.530. The van der Waals surface area contributed by atoms with Crippen LogP contribution in [0.3, 0.4) is 0 Å². The quantitative estimate of drug-likeness (QED) is 0.491. The van der Waals surface area contributed by atoms with Crippen LogP contribution in [-0.4, -0.2) is 12.1 Å². The Balaban J connectivity index is 1.62. The first kappa shape index (κ1) is 13.2. The highest BCUT2D eigenvalue weighted by molar-refractivity contribution is 6.30. The second-order valence-corrected chi connectivity index (χ2v) is 5.20. The molecule has 2 aromatic rings. The minimum absolute atomic E-state index is 0.231. The van der Waals surface area contributed by atoms with Crippen LogP contribution >= 0.6 is 11.6 Å². The second kappa shape index (κ2) is 5.27. The number of esters is 1. The topological polar surface area (TPSA) is 38.8 Å². The number of carbonyl (C=O) groups is 1. The van der Waals surface area contributed by atoms with Crippen molar-refractivity contribution in [3.8, 4) is 5.75 Å². The zero-order valence-corrected chi connectivity index (χ0v) is 11.6. The fourth-order valence-electron chi connectivity index (χ4n) is 1.98. The van der Waals surface area contributed by atoms with E-state index in [1.54, 1.807) is 24.3 Å². The van der Waals surface area contributed by atoms with Crippen molar-refractivity contribution in [1.82, 2.24) is 0 Å². The summed E-state index contributed by atoms with van der Waals surface area (Å²) in [5.74, 6) is 0.166. The summed E-state index contributed by atoms with van der Waals surface area (Å²) in [6, 6.07) is 14.6. The first-order valence-electron chi connectivity index (χ1n) is 6.33. The Morgan fingerprint density at radius 1 is 1.10 bits per heavy atom. The van der Waals surface area contributed by atoms with Crippen molar-refractivity contribution in [3.05, 3.63) is 64.7 Å². The summed E-state index contributed by atoms with van der Waals surface area (Å²) in [5.41, 5.74) is 2.05. The molecule has 1 aliphatic heterocycles. The zero-order chi connectivity index (χ0) is 14.1. The normalized spacial score (nSPS) is 20.5. The van der Waals surface area contributed by atoms with Crippen LogP contribution in [0.5, 0.6) is 5.75 Å². The zero-order valence-electron chi connectivity index (χ0n) is 10.9. The third kappa shape index (κ3) is 2.84. The first-order valence-corrected chi connectivity index (χ1v) is 6.70. The summed E-state index contributed by atoms with van der Waals surface area (Å²) in [7, 11) is 0. The predicted molar refractivity (Wildman–Crippen MR) is 75.9 cm³/mol. The number of hydrogen-bond acceptors (Lipinski definition) is 3. The van der Waals surface area contributed by atoms with Crippen LogP contribution < -0.4 is 4.74 Å². The molecule has 3 rings (SSSR count). The molecule has 1 fully saturated rings. The molecule has 20 heavy (non-hydrogen) atoms. The SMILES string of the molecule is Cc1ccc(OC(=O)[C@H]2O[C@@H]2c2ccc(Cl)cc2)cc1. The largest absolute Gasteiger partial charge is 0.425 e. The second-order valence-electron chi connectivity index (χ2n) is 4.76. The van der Waals surface area contributed by atoms with E-state index in [-0.39, 0.29) is 12.1 Å². The van der Waals surface area contributed by atoms with E-state index in [0.29, 0.717) is 10.8 Å². The summed E-state index contributed by atoms with van der Waals surface area (Å²) in [6.07, 6.45) is -0.761. The maximum Gasteiger partial charge on any atom is 0.343 e. The first-order chi connectivity index (χ1) is 9.63. The molecule has 0 aliphatic carbocycles. The summed E-state index contributed by atoms with van der Waals surface area (Å²) in [6.45, 7) is 1.98. The van der Waals surface area contributed by atoms with Crippen LogP contribution in [0, 0.1) is 6.92 Å². The van der Waals surface area contributed by atoms with E-state index in [9.17, 15) is 4.79 Å². The van der Waals surface area contributed by atoms with Gasteiger partial charge in [-0.05, 0) is 36.8 Å². The molecule has 1 saturated heterocycles. The number of rotatable bonds is 3. The third-order valence-corrected chi connectivity index (χ3v) is 3.41. The molecule has 4 heteroatoms. The number of aryl methyl sites for hydroxylation is 1. The third-order valence-electron chi connectivity index (χ3n) is 3.16. The van der Waals surface area contributed by atoms with Gasteiger partial charge in [-0.15, -0.1) is 0 Å². The summed E-state index contributed by atoms with van der Waals surface area (Å²) in [5, 5.41) is 0.660. The fourth-order valence-corrected chi connectivity index (χ4v) is 2.10. The smallest absolute Gasteiger partial charge is 0.343 e. The highest BCUT2D eigenvalue weighted by Gasteiger charge is 2.47. The predicted octanol–water partition coefficient (Wildman–Crippen LogP) is 3.69. The molecule has 0 bridgehead atoms. The van der Waals surface area contributed by atoms with Gasteiger partial charge in [-0.25, -0.2) is 4.79 Å². The Labute approximate surface area is 122 Å². The van der Waals surface area contributed by atoms with Gasteiger partial charge in [-0.2, -0.15) is 0 Å². The number of carbonyl (C=O) groups excluding carboxylic acids is 1. The van der Waals surface area contributed by atoms with E-state index in [0.717, 1.165) is 11.1 Å². The monoisotopic (exact) mass is 288 g/mol. The molecule has 1 heterocycles. The highest BCUT2D eigenvalue weighted by atomic mass is 35.5. The minimum Gasteiger partial charge on any atom is -0.425 e. The molecule has 0 saturated carbocycles. The summed E-state index contributed by atoms with van der Waals surface area (Å²) >= 11 is 5.82. The average molecular weight is 289 g/mol. The molecule has 0 amide bonds. The van der Waals surface area contributed by atoms with Gasteiger partial charge < -0.3 is 9.47 Å². The van der Waals surface area contributed by atoms with E-state index in [1.807, 2.05) is 31.2 Å². The molecule has 2 atom stereocenters. The van der Waals surface area contributed by atoms with Crippen molar-refractivity contribution in [1.29, 1.82) is 0 Å². The van der Waals surface area contributed by atoms with Crippen molar-refractivity contribution in [3.63, 3.8) is 0 Å². The Morgan fingerprint density at radius 3 is 2.40 bits per heavy atom. The van der Waals surface area contributed by atoms with E-state index >= 15 is 0 Å². The van der Waals surface area contributed by atoms with Crippen molar-refractivity contribution in [2.45, 2.75) is 19.1 Å². The van der Waals surface area contributed by atoms with Gasteiger partial charge in [0.2, 0.25) is 0 Å². The van der Waals surface area contributed by atoms with Gasteiger partial charge in [0.05, 0.1) is 0 Å². The lowest BCUT2D eigenvalue weighted by Crippen LogP contribution is -2.15. The maximum atomic E-state index is 11.9. The molecule has 0 aromatic heterocycles. The molecule has 0 unspecified atom stereocenters. The molecule has 102 valence electrons. The molecule has 1 aliphatic rings. The lowest BCUT2D eigenvalue weighted by Gasteiger charge is -2.02. The van der Waals surface area contributed by atoms with Crippen LogP contribution in [0.15, 0.2) is 48.5 Å². The van der Waals surface area contributed by atoms with Crippen molar-refractivity contribution in [2.24, 2.45) is 0 Å². The molecule has 0 radical (unpaired) electrons. The lowest BCUT2D eigenvalue weighted by atomic mass is 10.1. The van der Waals surface area contributed by atoms with Gasteiger partial charge in [0.15, 0.2) is 6.10 Å². The number of ether oxygens (including phenoxy) is 2. The Morgan fingerprint density at radius 2 is 1.75 bits per heavy atom. The number of epoxide rings is 1. The molecular formula is C16H13ClO3. The van der Waals surface area contributed by atoms with Gasteiger partial charge in [0.25, 0.3) is 0 Å². The van der Waals surface area contributed by atoms with Crippen LogP contribution in [0.25, 0.3) is 0 Å². The Hall–Kier alpha value is -1.84. The van der Waals surface area contributed by atoms with Crippen LogP contribution in [0.4, 0.5) is 0 Å². The molecule has 3 nitrogen and oxygen atoms in total. The lowest BCUT2D eigenvalue weighted by molar-refractivity contribution is -0.135. The van der Waals surface area contributed by atoms with Crippen LogP contribution in [0.2, 0.25) is 5.02 Å². The van der Waals surface area contributed by atoms with Gasteiger partial charge in [-0.3, -0.25) is 0 Å². The Bertz CT molecular complexity index is 619. The number of benzene rings is 2. The maximum absolute atomic E-state index is 11.9. The molecular weight excluding hydrogens is 276 g/mol. The molecule has 2 aromatic carbocycles. The highest BCUT2D eigenvalue weighted by Crippen LogP contribution is 2.39. The van der Waals surface area contributed by atoms with Gasteiger partial charge in [-0.1, -0.05) is 41.4 Å². The molecule has 0 N–H and O–H groups in total.